The number of allylic oxidation sites excluding steroid dienone is 1. The first-order valence-electron chi connectivity index (χ1n) is 10.3. The molecule has 3 aromatic rings. The fraction of sp³-hybridized carbons (Fsp3) is 0.292. The van der Waals surface area contributed by atoms with Crippen molar-refractivity contribution in [2.75, 3.05) is 13.1 Å². The van der Waals surface area contributed by atoms with Gasteiger partial charge in [0.25, 0.3) is 5.56 Å². The van der Waals surface area contributed by atoms with Gasteiger partial charge < -0.3 is 10.1 Å². The van der Waals surface area contributed by atoms with Gasteiger partial charge in [-0.1, -0.05) is 24.3 Å². The Labute approximate surface area is 176 Å². The Bertz CT molecular complexity index is 1080. The van der Waals surface area contributed by atoms with Crippen molar-refractivity contribution in [1.29, 1.82) is 0 Å². The van der Waals surface area contributed by atoms with Crippen LogP contribution in [0.5, 0.6) is 5.75 Å². The number of aromatic hydroxyl groups is 1. The zero-order valence-electron chi connectivity index (χ0n) is 16.9. The maximum Gasteiger partial charge on any atom is 0.251 e. The molecule has 0 spiro atoms. The van der Waals surface area contributed by atoms with E-state index >= 15 is 0 Å². The lowest BCUT2D eigenvalue weighted by Gasteiger charge is -2.32. The highest BCUT2D eigenvalue weighted by Crippen LogP contribution is 2.30. The number of rotatable bonds is 6. The number of pyridine rings is 1. The molecule has 1 aliphatic heterocycles. The second-order valence-corrected chi connectivity index (χ2v) is 7.75. The van der Waals surface area contributed by atoms with Gasteiger partial charge in [-0.25, -0.2) is 4.98 Å². The number of para-hydroxylation sites is 1. The molecule has 0 radical (unpaired) electrons. The van der Waals surface area contributed by atoms with E-state index in [1.807, 2.05) is 30.3 Å². The van der Waals surface area contributed by atoms with Gasteiger partial charge in [-0.05, 0) is 43.5 Å². The maximum absolute atomic E-state index is 12.3. The van der Waals surface area contributed by atoms with Crippen LogP contribution in [-0.2, 0) is 13.0 Å². The zero-order valence-corrected chi connectivity index (χ0v) is 16.9. The molecule has 1 atom stereocenters. The average molecular weight is 402 g/mol. The van der Waals surface area contributed by atoms with E-state index < -0.39 is 0 Å². The van der Waals surface area contributed by atoms with Gasteiger partial charge in [-0.15, -0.1) is 6.58 Å². The van der Waals surface area contributed by atoms with E-state index in [9.17, 15) is 9.90 Å². The Kier molecular flexibility index (Phi) is 6.05. The number of phenols is 1. The van der Waals surface area contributed by atoms with Crippen molar-refractivity contribution in [2.24, 2.45) is 0 Å². The van der Waals surface area contributed by atoms with Crippen molar-refractivity contribution in [2.45, 2.75) is 31.7 Å². The zero-order chi connectivity index (χ0) is 20.9. The van der Waals surface area contributed by atoms with Crippen molar-refractivity contribution < 1.29 is 5.11 Å². The molecule has 1 saturated heterocycles. The molecule has 154 valence electrons. The molecule has 2 N–H and O–H groups in total. The highest BCUT2D eigenvalue weighted by molar-refractivity contribution is 5.53. The number of likely N-dealkylation sites (tertiary alicyclic amines) is 1. The summed E-state index contributed by atoms with van der Waals surface area (Å²) in [6.07, 6.45) is 7.85. The van der Waals surface area contributed by atoms with Crippen LogP contribution in [0, 0.1) is 0 Å². The predicted octanol–water partition coefficient (Wildman–Crippen LogP) is 3.65. The summed E-state index contributed by atoms with van der Waals surface area (Å²) in [4.78, 5) is 26.2. The van der Waals surface area contributed by atoms with Gasteiger partial charge in [0.2, 0.25) is 0 Å². The van der Waals surface area contributed by atoms with Crippen LogP contribution in [-0.4, -0.2) is 38.0 Å². The molecule has 0 saturated carbocycles. The maximum atomic E-state index is 12.3. The Morgan fingerprint density at radius 2 is 2.03 bits per heavy atom. The number of hydrogen-bond acceptors (Lipinski definition) is 5. The molecule has 30 heavy (non-hydrogen) atoms. The summed E-state index contributed by atoms with van der Waals surface area (Å²) in [6, 6.07) is 11.2. The van der Waals surface area contributed by atoms with Crippen molar-refractivity contribution in [3.05, 3.63) is 88.6 Å². The lowest BCUT2D eigenvalue weighted by Crippen LogP contribution is -2.34. The van der Waals surface area contributed by atoms with Crippen LogP contribution in [0.25, 0.3) is 11.4 Å². The van der Waals surface area contributed by atoms with Crippen LogP contribution in [0.4, 0.5) is 0 Å². The van der Waals surface area contributed by atoms with E-state index in [2.05, 4.69) is 21.4 Å². The SMILES string of the molecule is C=CCc1cccc(CN2CCCC(c3cc(=O)[nH]c(-c4ccncc4)n3)C2)c1O. The van der Waals surface area contributed by atoms with Gasteiger partial charge >= 0.3 is 0 Å². The number of benzene rings is 1. The molecule has 3 heterocycles. The molecule has 6 nitrogen and oxygen atoms in total. The summed E-state index contributed by atoms with van der Waals surface area (Å²) >= 11 is 0. The molecule has 1 unspecified atom stereocenters. The molecular weight excluding hydrogens is 376 g/mol. The highest BCUT2D eigenvalue weighted by Gasteiger charge is 2.24. The molecule has 2 aromatic heterocycles. The minimum Gasteiger partial charge on any atom is -0.507 e. The minimum atomic E-state index is -0.140. The summed E-state index contributed by atoms with van der Waals surface area (Å²) in [5.74, 6) is 1.11. The first-order valence-corrected chi connectivity index (χ1v) is 10.3. The Morgan fingerprint density at radius 1 is 1.23 bits per heavy atom. The third-order valence-electron chi connectivity index (χ3n) is 5.60. The summed E-state index contributed by atoms with van der Waals surface area (Å²) in [6.45, 7) is 6.20. The Balaban J connectivity index is 1.54. The fourth-order valence-electron chi connectivity index (χ4n) is 4.11. The van der Waals surface area contributed by atoms with Crippen LogP contribution in [0.2, 0.25) is 0 Å². The van der Waals surface area contributed by atoms with Gasteiger partial charge in [0.1, 0.15) is 11.6 Å². The van der Waals surface area contributed by atoms with Crippen molar-refractivity contribution in [3.8, 4) is 17.1 Å². The van der Waals surface area contributed by atoms with Crippen LogP contribution in [0.3, 0.4) is 0 Å². The Morgan fingerprint density at radius 3 is 2.83 bits per heavy atom. The number of H-pyrrole nitrogens is 1. The molecule has 1 aromatic carbocycles. The number of phenolic OH excluding ortho intramolecular Hbond substituents is 1. The van der Waals surface area contributed by atoms with Gasteiger partial charge in [0, 0.05) is 48.6 Å². The number of piperidine rings is 1. The molecule has 6 heteroatoms. The Hall–Kier alpha value is -3.25. The predicted molar refractivity (Wildman–Crippen MR) is 117 cm³/mol. The highest BCUT2D eigenvalue weighted by atomic mass is 16.3. The molecule has 0 amide bonds. The van der Waals surface area contributed by atoms with Gasteiger partial charge in [-0.3, -0.25) is 14.7 Å². The second-order valence-electron chi connectivity index (χ2n) is 7.75. The van der Waals surface area contributed by atoms with Crippen molar-refractivity contribution >= 4 is 0 Å². The molecular formula is C24H26N4O2. The number of aromatic nitrogens is 3. The smallest absolute Gasteiger partial charge is 0.251 e. The lowest BCUT2D eigenvalue weighted by molar-refractivity contribution is 0.196. The number of nitrogens with one attached hydrogen (secondary N) is 1. The van der Waals surface area contributed by atoms with E-state index in [1.54, 1.807) is 24.5 Å². The normalized spacial score (nSPS) is 17.0. The van der Waals surface area contributed by atoms with Crippen LogP contribution < -0.4 is 5.56 Å². The van der Waals surface area contributed by atoms with E-state index in [-0.39, 0.29) is 11.5 Å². The number of aromatic amines is 1. The van der Waals surface area contributed by atoms with Gasteiger partial charge in [-0.2, -0.15) is 0 Å². The van der Waals surface area contributed by atoms with Crippen molar-refractivity contribution in [3.63, 3.8) is 0 Å². The first kappa shape index (κ1) is 20.0. The van der Waals surface area contributed by atoms with E-state index in [1.165, 1.54) is 0 Å². The monoisotopic (exact) mass is 402 g/mol. The summed E-state index contributed by atoms with van der Waals surface area (Å²) in [5, 5.41) is 10.6. The molecule has 0 aliphatic carbocycles. The standard InChI is InChI=1S/C24H26N4O2/c1-2-5-17-6-3-7-20(23(17)30)16-28-13-4-8-19(15-28)21-14-22(29)27-24(26-21)18-9-11-25-12-10-18/h2-3,6-7,9-12,14,19,30H,1,4-5,8,13,15-16H2,(H,26,27,29). The van der Waals surface area contributed by atoms with Crippen LogP contribution >= 0.6 is 0 Å². The third kappa shape index (κ3) is 4.49. The molecule has 1 aliphatic rings. The van der Waals surface area contributed by atoms with Gasteiger partial charge in [0.15, 0.2) is 0 Å². The van der Waals surface area contributed by atoms with E-state index in [0.29, 0.717) is 24.5 Å². The summed E-state index contributed by atoms with van der Waals surface area (Å²) in [7, 11) is 0. The summed E-state index contributed by atoms with van der Waals surface area (Å²) in [5.41, 5.74) is 3.35. The van der Waals surface area contributed by atoms with Crippen LogP contribution in [0.15, 0.2) is 66.2 Å². The minimum absolute atomic E-state index is 0.140. The average Bonchev–Trinajstić information content (AvgIpc) is 2.77. The lowest BCUT2D eigenvalue weighted by atomic mass is 9.93. The fourth-order valence-corrected chi connectivity index (χ4v) is 4.11. The van der Waals surface area contributed by atoms with E-state index in [0.717, 1.165) is 48.3 Å². The second kappa shape index (κ2) is 9.05. The molecule has 4 rings (SSSR count). The number of nitrogens with zero attached hydrogens (tertiary/aromatic N) is 3. The van der Waals surface area contributed by atoms with Crippen molar-refractivity contribution in [1.82, 2.24) is 19.9 Å². The number of hydrogen-bond donors (Lipinski definition) is 2. The topological polar surface area (TPSA) is 82.1 Å². The van der Waals surface area contributed by atoms with E-state index in [4.69, 9.17) is 4.98 Å². The first-order chi connectivity index (χ1) is 14.6. The quantitative estimate of drug-likeness (QED) is 0.615. The van der Waals surface area contributed by atoms with Crippen LogP contribution in [0.1, 0.15) is 35.6 Å². The third-order valence-corrected chi connectivity index (χ3v) is 5.60. The van der Waals surface area contributed by atoms with Gasteiger partial charge in [0.05, 0.1) is 5.69 Å². The summed E-state index contributed by atoms with van der Waals surface area (Å²) < 4.78 is 0. The molecule has 0 bridgehead atoms. The molecule has 1 fully saturated rings. The largest absolute Gasteiger partial charge is 0.507 e.